The Bertz CT molecular complexity index is 549. The third-order valence-electron chi connectivity index (χ3n) is 2.72. The minimum Gasteiger partial charge on any atom is -0.464 e. The number of hydrogen-bond acceptors (Lipinski definition) is 4. The standard InChI is InChI=1S/C14H16N2O2S/c1-18-14(17)13-8-5-11(16-13)9-15-10-3-6-12(19-2)7-4-10/h3-8,15-16H,9H2,1-2H3. The number of esters is 1. The molecule has 0 atom stereocenters. The number of rotatable bonds is 5. The number of carbonyl (C=O) groups is 1. The third-order valence-corrected chi connectivity index (χ3v) is 3.47. The van der Waals surface area contributed by atoms with Gasteiger partial charge in [-0.1, -0.05) is 0 Å². The first-order valence-electron chi connectivity index (χ1n) is 5.87. The summed E-state index contributed by atoms with van der Waals surface area (Å²) in [6.07, 6.45) is 2.05. The second-order valence-corrected chi connectivity index (χ2v) is 4.85. The largest absolute Gasteiger partial charge is 0.464 e. The first-order valence-corrected chi connectivity index (χ1v) is 7.09. The minimum absolute atomic E-state index is 0.351. The molecule has 0 unspecified atom stereocenters. The Morgan fingerprint density at radius 2 is 2.00 bits per heavy atom. The fourth-order valence-corrected chi connectivity index (χ4v) is 2.09. The summed E-state index contributed by atoms with van der Waals surface area (Å²) in [7, 11) is 1.37. The highest BCUT2D eigenvalue weighted by Crippen LogP contribution is 2.18. The molecule has 5 heteroatoms. The highest BCUT2D eigenvalue weighted by atomic mass is 32.2. The molecule has 0 fully saturated rings. The average molecular weight is 276 g/mol. The van der Waals surface area contributed by atoms with Crippen molar-refractivity contribution < 1.29 is 9.53 Å². The van der Waals surface area contributed by atoms with E-state index in [4.69, 9.17) is 0 Å². The molecule has 2 rings (SSSR count). The summed E-state index contributed by atoms with van der Waals surface area (Å²) in [4.78, 5) is 15.5. The van der Waals surface area contributed by atoms with Crippen LogP contribution in [-0.4, -0.2) is 24.3 Å². The normalized spacial score (nSPS) is 10.2. The number of H-pyrrole nitrogens is 1. The predicted octanol–water partition coefficient (Wildman–Crippen LogP) is 3.14. The molecule has 1 aromatic carbocycles. The number of nitrogens with one attached hydrogen (secondary N) is 2. The molecule has 0 bridgehead atoms. The van der Waals surface area contributed by atoms with Crippen LogP contribution < -0.4 is 5.32 Å². The van der Waals surface area contributed by atoms with Crippen LogP contribution in [0, 0.1) is 0 Å². The van der Waals surface area contributed by atoms with Crippen molar-refractivity contribution in [3.8, 4) is 0 Å². The van der Waals surface area contributed by atoms with E-state index in [2.05, 4.69) is 33.4 Å². The van der Waals surface area contributed by atoms with E-state index < -0.39 is 0 Å². The maximum Gasteiger partial charge on any atom is 0.354 e. The van der Waals surface area contributed by atoms with Crippen LogP contribution in [0.25, 0.3) is 0 Å². The fraction of sp³-hybridized carbons (Fsp3) is 0.214. The zero-order valence-electron chi connectivity index (χ0n) is 10.9. The SMILES string of the molecule is COC(=O)c1ccc(CNc2ccc(SC)cc2)[nH]1. The molecule has 0 aliphatic heterocycles. The zero-order valence-corrected chi connectivity index (χ0v) is 11.7. The molecule has 1 aromatic heterocycles. The summed E-state index contributed by atoms with van der Waals surface area (Å²) >= 11 is 1.72. The van der Waals surface area contributed by atoms with Crippen molar-refractivity contribution in [2.45, 2.75) is 11.4 Å². The van der Waals surface area contributed by atoms with E-state index in [9.17, 15) is 4.79 Å². The van der Waals surface area contributed by atoms with Gasteiger partial charge in [0.2, 0.25) is 0 Å². The number of benzene rings is 1. The third kappa shape index (κ3) is 3.54. The van der Waals surface area contributed by atoms with Crippen LogP contribution in [0.1, 0.15) is 16.2 Å². The van der Waals surface area contributed by atoms with Gasteiger partial charge in [0, 0.05) is 16.3 Å². The van der Waals surface area contributed by atoms with Crippen LogP contribution in [0.5, 0.6) is 0 Å². The number of ether oxygens (including phenoxy) is 1. The zero-order chi connectivity index (χ0) is 13.7. The number of methoxy groups -OCH3 is 1. The molecule has 0 saturated heterocycles. The lowest BCUT2D eigenvalue weighted by Gasteiger charge is -2.05. The molecule has 2 aromatic rings. The molecule has 4 nitrogen and oxygen atoms in total. The van der Waals surface area contributed by atoms with Crippen LogP contribution >= 0.6 is 11.8 Å². The number of carbonyl (C=O) groups excluding carboxylic acids is 1. The van der Waals surface area contributed by atoms with Gasteiger partial charge < -0.3 is 15.0 Å². The maximum atomic E-state index is 11.3. The lowest BCUT2D eigenvalue weighted by atomic mass is 10.3. The molecule has 0 amide bonds. The van der Waals surface area contributed by atoms with Crippen molar-refractivity contribution in [3.63, 3.8) is 0 Å². The van der Waals surface area contributed by atoms with Gasteiger partial charge in [0.25, 0.3) is 0 Å². The second kappa shape index (κ2) is 6.33. The minimum atomic E-state index is -0.351. The van der Waals surface area contributed by atoms with E-state index in [0.29, 0.717) is 12.2 Å². The molecule has 0 aliphatic rings. The van der Waals surface area contributed by atoms with E-state index >= 15 is 0 Å². The van der Waals surface area contributed by atoms with E-state index in [1.165, 1.54) is 12.0 Å². The monoisotopic (exact) mass is 276 g/mol. The first kappa shape index (κ1) is 13.5. The fourth-order valence-electron chi connectivity index (χ4n) is 1.68. The summed E-state index contributed by atoms with van der Waals surface area (Å²) < 4.78 is 4.64. The molecule has 0 radical (unpaired) electrons. The van der Waals surface area contributed by atoms with Gasteiger partial charge in [-0.15, -0.1) is 11.8 Å². The van der Waals surface area contributed by atoms with Crippen molar-refractivity contribution in [2.24, 2.45) is 0 Å². The summed E-state index contributed by atoms with van der Waals surface area (Å²) in [6.45, 7) is 0.635. The Labute approximate surface area is 116 Å². The van der Waals surface area contributed by atoms with Gasteiger partial charge in [-0.2, -0.15) is 0 Å². The van der Waals surface area contributed by atoms with Crippen molar-refractivity contribution in [1.29, 1.82) is 0 Å². The topological polar surface area (TPSA) is 54.1 Å². The Kier molecular flexibility index (Phi) is 4.52. The summed E-state index contributed by atoms with van der Waals surface area (Å²) in [5.41, 5.74) is 2.46. The summed E-state index contributed by atoms with van der Waals surface area (Å²) in [6, 6.07) is 11.8. The van der Waals surface area contributed by atoms with Crippen molar-refractivity contribution in [3.05, 3.63) is 47.8 Å². The van der Waals surface area contributed by atoms with Crippen LogP contribution in [0.2, 0.25) is 0 Å². The number of anilines is 1. The molecule has 0 spiro atoms. The number of aromatic amines is 1. The molecular weight excluding hydrogens is 260 g/mol. The lowest BCUT2D eigenvalue weighted by molar-refractivity contribution is 0.0594. The van der Waals surface area contributed by atoms with Crippen LogP contribution in [0.3, 0.4) is 0 Å². The van der Waals surface area contributed by atoms with Gasteiger partial charge in [-0.25, -0.2) is 4.79 Å². The maximum absolute atomic E-state index is 11.3. The lowest BCUT2D eigenvalue weighted by Crippen LogP contribution is -2.03. The number of thioether (sulfide) groups is 1. The molecule has 19 heavy (non-hydrogen) atoms. The number of aromatic nitrogens is 1. The van der Waals surface area contributed by atoms with E-state index in [-0.39, 0.29) is 5.97 Å². The van der Waals surface area contributed by atoms with Gasteiger partial charge in [-0.3, -0.25) is 0 Å². The van der Waals surface area contributed by atoms with Gasteiger partial charge in [-0.05, 0) is 42.7 Å². The molecule has 100 valence electrons. The Morgan fingerprint density at radius 1 is 1.26 bits per heavy atom. The van der Waals surface area contributed by atoms with Crippen LogP contribution in [0.15, 0.2) is 41.3 Å². The highest BCUT2D eigenvalue weighted by molar-refractivity contribution is 7.98. The quantitative estimate of drug-likeness (QED) is 0.650. The highest BCUT2D eigenvalue weighted by Gasteiger charge is 2.07. The van der Waals surface area contributed by atoms with Crippen LogP contribution in [-0.2, 0) is 11.3 Å². The molecule has 2 N–H and O–H groups in total. The molecule has 0 saturated carbocycles. The smallest absolute Gasteiger partial charge is 0.354 e. The van der Waals surface area contributed by atoms with Crippen LogP contribution in [0.4, 0.5) is 5.69 Å². The van der Waals surface area contributed by atoms with Crippen molar-refractivity contribution in [1.82, 2.24) is 4.98 Å². The predicted molar refractivity (Wildman–Crippen MR) is 77.7 cm³/mol. The van der Waals surface area contributed by atoms with Crippen molar-refractivity contribution >= 4 is 23.4 Å². The molecule has 1 heterocycles. The van der Waals surface area contributed by atoms with Gasteiger partial charge in [0.1, 0.15) is 5.69 Å². The van der Waals surface area contributed by atoms with E-state index in [1.807, 2.05) is 18.2 Å². The summed E-state index contributed by atoms with van der Waals surface area (Å²) in [5, 5.41) is 3.29. The van der Waals surface area contributed by atoms with Gasteiger partial charge >= 0.3 is 5.97 Å². The van der Waals surface area contributed by atoms with Gasteiger partial charge in [0.15, 0.2) is 0 Å². The Balaban J connectivity index is 1.94. The van der Waals surface area contributed by atoms with Crippen molar-refractivity contribution in [2.75, 3.05) is 18.7 Å². The summed E-state index contributed by atoms with van der Waals surface area (Å²) in [5.74, 6) is -0.351. The first-order chi connectivity index (χ1) is 9.22. The molecular formula is C14H16N2O2S. The number of hydrogen-bond donors (Lipinski definition) is 2. The van der Waals surface area contributed by atoms with E-state index in [0.717, 1.165) is 11.4 Å². The van der Waals surface area contributed by atoms with Gasteiger partial charge in [0.05, 0.1) is 13.7 Å². The Hall–Kier alpha value is -1.88. The van der Waals surface area contributed by atoms with E-state index in [1.54, 1.807) is 17.8 Å². The molecule has 0 aliphatic carbocycles. The average Bonchev–Trinajstić information content (AvgIpc) is 2.93. The second-order valence-electron chi connectivity index (χ2n) is 3.97. The Morgan fingerprint density at radius 3 is 2.63 bits per heavy atom.